The van der Waals surface area contributed by atoms with E-state index in [0.29, 0.717) is 6.61 Å². The molecular formula is C36H38N2O2. The van der Waals surface area contributed by atoms with Crippen LogP contribution in [0.4, 0.5) is 0 Å². The van der Waals surface area contributed by atoms with Gasteiger partial charge < -0.3 is 18.6 Å². The van der Waals surface area contributed by atoms with Crippen LogP contribution in [0.5, 0.6) is 0 Å². The summed E-state index contributed by atoms with van der Waals surface area (Å²) in [5, 5.41) is 5.40. The molecule has 204 valence electrons. The first-order chi connectivity index (χ1) is 19.7. The molecule has 0 aliphatic carbocycles. The Morgan fingerprint density at radius 3 is 1.65 bits per heavy atom. The smallest absolute Gasteiger partial charge is 0.0717 e. The Morgan fingerprint density at radius 2 is 1.12 bits per heavy atom. The molecule has 0 saturated carbocycles. The normalized spacial score (nSPS) is 14.9. The zero-order valence-electron chi connectivity index (χ0n) is 23.4. The highest BCUT2D eigenvalue weighted by Crippen LogP contribution is 2.32. The summed E-state index contributed by atoms with van der Waals surface area (Å²) < 4.78 is 16.5. The summed E-state index contributed by atoms with van der Waals surface area (Å²) in [5.74, 6) is 0. The Morgan fingerprint density at radius 1 is 0.625 bits per heavy atom. The van der Waals surface area contributed by atoms with Crippen LogP contribution in [-0.4, -0.2) is 29.0 Å². The summed E-state index contributed by atoms with van der Waals surface area (Å²) in [6, 6.07) is 33.4. The minimum absolute atomic E-state index is 0.184. The Bertz CT molecular complexity index is 1740. The van der Waals surface area contributed by atoms with Crippen molar-refractivity contribution in [1.29, 1.82) is 0 Å². The molecule has 0 spiro atoms. The van der Waals surface area contributed by atoms with Crippen LogP contribution in [0.15, 0.2) is 91.0 Å². The topological polar surface area (TPSA) is 28.3 Å². The number of ether oxygens (including phenoxy) is 2. The van der Waals surface area contributed by atoms with Crippen molar-refractivity contribution in [3.05, 3.63) is 96.6 Å². The predicted octanol–water partition coefficient (Wildman–Crippen LogP) is 8.72. The van der Waals surface area contributed by atoms with Crippen molar-refractivity contribution < 1.29 is 9.47 Å². The van der Waals surface area contributed by atoms with E-state index in [4.69, 9.17) is 9.47 Å². The largest absolute Gasteiger partial charge is 0.380 e. The van der Waals surface area contributed by atoms with Gasteiger partial charge in [0.2, 0.25) is 0 Å². The van der Waals surface area contributed by atoms with Crippen molar-refractivity contribution in [3.63, 3.8) is 0 Å². The lowest BCUT2D eigenvalue weighted by atomic mass is 9.90. The molecule has 1 aliphatic rings. The number of hydrogen-bond donors (Lipinski definition) is 0. The summed E-state index contributed by atoms with van der Waals surface area (Å²) in [5.41, 5.74) is 6.79. The third-order valence-electron chi connectivity index (χ3n) is 8.65. The first kappa shape index (κ1) is 25.4. The third kappa shape index (κ3) is 4.70. The zero-order valence-corrected chi connectivity index (χ0v) is 23.4. The van der Waals surface area contributed by atoms with E-state index in [1.807, 2.05) is 0 Å². The van der Waals surface area contributed by atoms with Gasteiger partial charge in [0, 0.05) is 62.1 Å². The number of rotatable bonds is 11. The molecule has 1 aliphatic heterocycles. The molecular weight excluding hydrogens is 492 g/mol. The highest BCUT2D eigenvalue weighted by Gasteiger charge is 2.33. The second-order valence-corrected chi connectivity index (χ2v) is 11.9. The summed E-state index contributed by atoms with van der Waals surface area (Å²) in [4.78, 5) is 0. The molecule has 2 aromatic heterocycles. The highest BCUT2D eigenvalue weighted by molar-refractivity contribution is 6.09. The lowest BCUT2D eigenvalue weighted by molar-refractivity contribution is -0.140. The van der Waals surface area contributed by atoms with Gasteiger partial charge in [0.05, 0.1) is 26.4 Å². The number of nitrogens with zero attached hydrogens (tertiary/aromatic N) is 2. The molecule has 1 saturated heterocycles. The molecule has 1 fully saturated rings. The number of unbranched alkanes of at least 4 members (excludes halogenated alkanes) is 3. The van der Waals surface area contributed by atoms with Crippen LogP contribution in [0.2, 0.25) is 0 Å². The van der Waals surface area contributed by atoms with Gasteiger partial charge in [-0.1, -0.05) is 80.4 Å². The Hall–Kier alpha value is -3.60. The van der Waals surface area contributed by atoms with E-state index in [1.165, 1.54) is 74.9 Å². The SMILES string of the molecule is CC1(COCc2ccc3c(c2)c2ccccc2n3CCCCCCn2c3ccccc3c3ccccc32)COC1. The van der Waals surface area contributed by atoms with Crippen molar-refractivity contribution in [2.45, 2.75) is 52.3 Å². The van der Waals surface area contributed by atoms with Gasteiger partial charge in [0.25, 0.3) is 0 Å². The van der Waals surface area contributed by atoms with Gasteiger partial charge in [0.15, 0.2) is 0 Å². The number of para-hydroxylation sites is 3. The fraction of sp³-hybridized carbons (Fsp3) is 0.333. The van der Waals surface area contributed by atoms with Crippen molar-refractivity contribution in [2.24, 2.45) is 5.41 Å². The summed E-state index contributed by atoms with van der Waals surface area (Å²) in [7, 11) is 0. The minimum atomic E-state index is 0.184. The van der Waals surface area contributed by atoms with Crippen LogP contribution >= 0.6 is 0 Å². The summed E-state index contributed by atoms with van der Waals surface area (Å²) >= 11 is 0. The van der Waals surface area contributed by atoms with Crippen LogP contribution in [0.1, 0.15) is 38.2 Å². The van der Waals surface area contributed by atoms with E-state index < -0.39 is 0 Å². The standard InChI is InChI=1S/C36H38N2O2/c1-36(25-40-26-36)24-39-23-27-18-19-35-31(22-27)30-14-6-9-17-34(30)38(35)21-11-3-2-10-20-37-32-15-7-4-12-28(32)29-13-5-8-16-33(29)37/h4-9,12-19,22H,2-3,10-11,20-21,23-26H2,1H3. The molecule has 0 unspecified atom stereocenters. The van der Waals surface area contributed by atoms with E-state index in [-0.39, 0.29) is 5.41 Å². The monoisotopic (exact) mass is 530 g/mol. The van der Waals surface area contributed by atoms with Crippen molar-refractivity contribution in [3.8, 4) is 0 Å². The fourth-order valence-corrected chi connectivity index (χ4v) is 6.52. The average Bonchev–Trinajstić information content (AvgIpc) is 3.46. The maximum absolute atomic E-state index is 6.08. The van der Waals surface area contributed by atoms with Crippen molar-refractivity contribution >= 4 is 43.6 Å². The quantitative estimate of drug-likeness (QED) is 0.157. The Balaban J connectivity index is 1.00. The Kier molecular flexibility index (Phi) is 6.82. The molecule has 4 heteroatoms. The molecule has 0 atom stereocenters. The predicted molar refractivity (Wildman–Crippen MR) is 166 cm³/mol. The second kappa shape index (κ2) is 10.8. The molecule has 3 heterocycles. The van der Waals surface area contributed by atoms with Crippen LogP contribution in [0.3, 0.4) is 0 Å². The van der Waals surface area contributed by atoms with Gasteiger partial charge in [-0.15, -0.1) is 0 Å². The van der Waals surface area contributed by atoms with Gasteiger partial charge in [0.1, 0.15) is 0 Å². The zero-order chi connectivity index (χ0) is 26.9. The molecule has 40 heavy (non-hydrogen) atoms. The van der Waals surface area contributed by atoms with Crippen LogP contribution in [-0.2, 0) is 29.2 Å². The highest BCUT2D eigenvalue weighted by atomic mass is 16.5. The maximum atomic E-state index is 6.08. The number of benzene rings is 4. The number of hydrogen-bond acceptors (Lipinski definition) is 2. The fourth-order valence-electron chi connectivity index (χ4n) is 6.52. The van der Waals surface area contributed by atoms with Gasteiger partial charge in [-0.2, -0.15) is 0 Å². The molecule has 0 N–H and O–H groups in total. The first-order valence-electron chi connectivity index (χ1n) is 14.8. The minimum Gasteiger partial charge on any atom is -0.380 e. The Labute approximate surface area is 236 Å². The van der Waals surface area contributed by atoms with E-state index in [2.05, 4.69) is 107 Å². The van der Waals surface area contributed by atoms with Crippen molar-refractivity contribution in [2.75, 3.05) is 19.8 Å². The van der Waals surface area contributed by atoms with Gasteiger partial charge >= 0.3 is 0 Å². The number of aromatic nitrogens is 2. The number of aryl methyl sites for hydroxylation is 2. The average molecular weight is 531 g/mol. The van der Waals surface area contributed by atoms with E-state index >= 15 is 0 Å². The van der Waals surface area contributed by atoms with E-state index in [0.717, 1.165) is 32.9 Å². The lowest BCUT2D eigenvalue weighted by Crippen LogP contribution is -2.43. The van der Waals surface area contributed by atoms with Gasteiger partial charge in [-0.05, 0) is 48.7 Å². The molecule has 4 aromatic carbocycles. The van der Waals surface area contributed by atoms with Crippen LogP contribution in [0.25, 0.3) is 43.6 Å². The van der Waals surface area contributed by atoms with Crippen LogP contribution < -0.4 is 0 Å². The molecule has 6 aromatic rings. The first-order valence-corrected chi connectivity index (χ1v) is 14.8. The van der Waals surface area contributed by atoms with Gasteiger partial charge in [-0.3, -0.25) is 0 Å². The lowest BCUT2D eigenvalue weighted by Gasteiger charge is -2.37. The van der Waals surface area contributed by atoms with E-state index in [1.54, 1.807) is 0 Å². The molecule has 7 rings (SSSR count). The summed E-state index contributed by atoms with van der Waals surface area (Å²) in [6.07, 6.45) is 4.86. The summed E-state index contributed by atoms with van der Waals surface area (Å²) in [6.45, 7) is 7.37. The second-order valence-electron chi connectivity index (χ2n) is 11.9. The molecule has 4 nitrogen and oxygen atoms in total. The molecule has 0 bridgehead atoms. The number of fused-ring (bicyclic) bond motifs is 6. The molecule has 0 radical (unpaired) electrons. The van der Waals surface area contributed by atoms with Crippen LogP contribution in [0, 0.1) is 5.41 Å². The maximum Gasteiger partial charge on any atom is 0.0717 e. The third-order valence-corrected chi connectivity index (χ3v) is 8.65. The molecule has 0 amide bonds. The van der Waals surface area contributed by atoms with Gasteiger partial charge in [-0.25, -0.2) is 0 Å². The van der Waals surface area contributed by atoms with E-state index in [9.17, 15) is 0 Å². The van der Waals surface area contributed by atoms with Crippen molar-refractivity contribution in [1.82, 2.24) is 9.13 Å².